The van der Waals surface area contributed by atoms with Gasteiger partial charge in [-0.15, -0.1) is 13.2 Å². The van der Waals surface area contributed by atoms with Gasteiger partial charge in [-0.05, 0) is 12.1 Å². The molecular weight excluding hydrogens is 321 g/mol. The first-order chi connectivity index (χ1) is 9.07. The quantitative estimate of drug-likeness (QED) is 0.751. The Kier molecular flexibility index (Phi) is 5.52. The van der Waals surface area contributed by atoms with E-state index in [4.69, 9.17) is 15.4 Å². The van der Waals surface area contributed by atoms with E-state index in [0.29, 0.717) is 0 Å². The molecule has 1 aromatic rings. The fourth-order valence-corrected chi connectivity index (χ4v) is 2.82. The molecule has 20 heavy (non-hydrogen) atoms. The zero-order chi connectivity index (χ0) is 15.4. The molecule has 1 aromatic carbocycles. The van der Waals surface area contributed by atoms with Crippen LogP contribution in [0, 0.1) is 5.92 Å². The molecule has 0 heterocycles. The molecule has 4 nitrogen and oxygen atoms in total. The molecule has 0 aliphatic carbocycles. The summed E-state index contributed by atoms with van der Waals surface area (Å²) >= 11 is 0. The minimum Gasteiger partial charge on any atom is -0.489 e. The van der Waals surface area contributed by atoms with Crippen LogP contribution in [0.25, 0.3) is 0 Å². The van der Waals surface area contributed by atoms with E-state index in [1.165, 1.54) is 18.2 Å². The molecule has 0 spiro atoms. The highest BCUT2D eigenvalue weighted by molar-refractivity contribution is 8.13. The molecular formula is C11H12ClF3O4S. The van der Waals surface area contributed by atoms with Crippen LogP contribution < -0.4 is 9.47 Å². The highest BCUT2D eigenvalue weighted by Gasteiger charge is 2.32. The Bertz CT molecular complexity index is 545. The van der Waals surface area contributed by atoms with Crippen LogP contribution in [0.1, 0.15) is 6.92 Å². The van der Waals surface area contributed by atoms with Gasteiger partial charge in [0, 0.05) is 16.6 Å². The van der Waals surface area contributed by atoms with Crippen LogP contribution in [0.15, 0.2) is 24.3 Å². The summed E-state index contributed by atoms with van der Waals surface area (Å²) in [6.07, 6.45) is -4.83. The van der Waals surface area contributed by atoms with Crippen LogP contribution in [0.2, 0.25) is 0 Å². The van der Waals surface area contributed by atoms with Gasteiger partial charge in [-0.3, -0.25) is 0 Å². The second kappa shape index (κ2) is 6.53. The van der Waals surface area contributed by atoms with Gasteiger partial charge in [0.05, 0.1) is 12.4 Å². The third-order valence-electron chi connectivity index (χ3n) is 2.08. The highest BCUT2D eigenvalue weighted by atomic mass is 35.7. The van der Waals surface area contributed by atoms with Crippen LogP contribution in [-0.4, -0.2) is 27.1 Å². The van der Waals surface area contributed by atoms with Crippen molar-refractivity contribution in [3.05, 3.63) is 24.3 Å². The Labute approximate surface area is 118 Å². The van der Waals surface area contributed by atoms with E-state index in [0.717, 1.165) is 6.07 Å². The van der Waals surface area contributed by atoms with Gasteiger partial charge in [0.1, 0.15) is 0 Å². The summed E-state index contributed by atoms with van der Waals surface area (Å²) in [5.41, 5.74) is 0. The van der Waals surface area contributed by atoms with Crippen molar-refractivity contribution in [3.8, 4) is 11.5 Å². The number of benzene rings is 1. The van der Waals surface area contributed by atoms with Crippen LogP contribution in [0.3, 0.4) is 0 Å². The maximum Gasteiger partial charge on any atom is 0.573 e. The predicted octanol–water partition coefficient (Wildman–Crippen LogP) is 3.17. The molecule has 0 aliphatic heterocycles. The molecule has 0 bridgehead atoms. The van der Waals surface area contributed by atoms with E-state index in [1.54, 1.807) is 6.92 Å². The summed E-state index contributed by atoms with van der Waals surface area (Å²) in [6.45, 7) is 1.44. The number of hydrogen-bond donors (Lipinski definition) is 0. The van der Waals surface area contributed by atoms with Gasteiger partial charge in [0.25, 0.3) is 0 Å². The van der Waals surface area contributed by atoms with Crippen molar-refractivity contribution in [2.24, 2.45) is 5.92 Å². The SMILES string of the molecule is CC(COc1ccccc1OC(F)(F)F)CS(=O)(=O)Cl. The van der Waals surface area contributed by atoms with E-state index in [-0.39, 0.29) is 18.1 Å². The van der Waals surface area contributed by atoms with Gasteiger partial charge in [-0.2, -0.15) is 0 Å². The zero-order valence-electron chi connectivity index (χ0n) is 10.4. The first kappa shape index (κ1) is 16.9. The molecule has 114 valence electrons. The Morgan fingerprint density at radius 2 is 1.80 bits per heavy atom. The highest BCUT2D eigenvalue weighted by Crippen LogP contribution is 2.32. The Balaban J connectivity index is 2.69. The van der Waals surface area contributed by atoms with Crippen LogP contribution in [-0.2, 0) is 9.05 Å². The molecule has 0 fully saturated rings. The fourth-order valence-electron chi connectivity index (χ4n) is 1.40. The molecule has 0 saturated heterocycles. The van der Waals surface area contributed by atoms with Crippen molar-refractivity contribution in [3.63, 3.8) is 0 Å². The zero-order valence-corrected chi connectivity index (χ0v) is 11.9. The molecule has 0 amide bonds. The summed E-state index contributed by atoms with van der Waals surface area (Å²) < 4.78 is 67.1. The van der Waals surface area contributed by atoms with Gasteiger partial charge in [0.15, 0.2) is 11.5 Å². The molecule has 0 saturated carbocycles. The molecule has 0 aliphatic rings. The lowest BCUT2D eigenvalue weighted by atomic mass is 10.2. The van der Waals surface area contributed by atoms with E-state index in [1.807, 2.05) is 0 Å². The van der Waals surface area contributed by atoms with Gasteiger partial charge >= 0.3 is 6.36 Å². The van der Waals surface area contributed by atoms with Crippen molar-refractivity contribution >= 4 is 19.7 Å². The van der Waals surface area contributed by atoms with Gasteiger partial charge in [-0.1, -0.05) is 19.1 Å². The average molecular weight is 333 g/mol. The number of ether oxygens (including phenoxy) is 2. The van der Waals surface area contributed by atoms with Crippen LogP contribution >= 0.6 is 10.7 Å². The summed E-state index contributed by atoms with van der Waals surface area (Å²) in [4.78, 5) is 0. The minimum atomic E-state index is -4.83. The summed E-state index contributed by atoms with van der Waals surface area (Å²) in [6, 6.07) is 5.23. The molecule has 0 aromatic heterocycles. The average Bonchev–Trinajstić information content (AvgIpc) is 2.23. The monoisotopic (exact) mass is 332 g/mol. The molecule has 1 unspecified atom stereocenters. The molecule has 1 atom stereocenters. The van der Waals surface area contributed by atoms with Crippen molar-refractivity contribution in [2.45, 2.75) is 13.3 Å². The fraction of sp³-hybridized carbons (Fsp3) is 0.455. The van der Waals surface area contributed by atoms with E-state index < -0.39 is 27.1 Å². The summed E-state index contributed by atoms with van der Waals surface area (Å²) in [7, 11) is 1.39. The molecule has 0 radical (unpaired) electrons. The topological polar surface area (TPSA) is 52.6 Å². The third-order valence-corrected chi connectivity index (χ3v) is 3.43. The van der Waals surface area contributed by atoms with E-state index in [2.05, 4.69) is 4.74 Å². The number of hydrogen-bond acceptors (Lipinski definition) is 4. The van der Waals surface area contributed by atoms with Crippen molar-refractivity contribution in [2.75, 3.05) is 12.4 Å². The summed E-state index contributed by atoms with van der Waals surface area (Å²) in [5, 5.41) is 0. The minimum absolute atomic E-state index is 0.107. The number of para-hydroxylation sites is 2. The third kappa shape index (κ3) is 6.85. The summed E-state index contributed by atoms with van der Waals surface area (Å²) in [5.74, 6) is -1.42. The Morgan fingerprint density at radius 3 is 2.30 bits per heavy atom. The maximum absolute atomic E-state index is 12.2. The largest absolute Gasteiger partial charge is 0.573 e. The normalized spacial score (nSPS) is 13.8. The second-order valence-corrected chi connectivity index (χ2v) is 6.94. The van der Waals surface area contributed by atoms with Crippen molar-refractivity contribution in [1.82, 2.24) is 0 Å². The number of halogens is 4. The van der Waals surface area contributed by atoms with Crippen LogP contribution in [0.5, 0.6) is 11.5 Å². The molecule has 0 N–H and O–H groups in total. The lowest BCUT2D eigenvalue weighted by Crippen LogP contribution is -2.19. The maximum atomic E-state index is 12.2. The number of rotatable bonds is 6. The van der Waals surface area contributed by atoms with Gasteiger partial charge in [0.2, 0.25) is 9.05 Å². The lowest BCUT2D eigenvalue weighted by molar-refractivity contribution is -0.275. The Morgan fingerprint density at radius 1 is 1.25 bits per heavy atom. The smallest absolute Gasteiger partial charge is 0.489 e. The van der Waals surface area contributed by atoms with Gasteiger partial charge in [-0.25, -0.2) is 8.42 Å². The van der Waals surface area contributed by atoms with Gasteiger partial charge < -0.3 is 9.47 Å². The lowest BCUT2D eigenvalue weighted by Gasteiger charge is -2.15. The number of alkyl halides is 3. The standard InChI is InChI=1S/C11H12ClF3O4S/c1-8(7-20(12,16)17)6-18-9-4-2-3-5-10(9)19-11(13,14)15/h2-5,8H,6-7H2,1H3. The molecule has 9 heteroatoms. The second-order valence-electron chi connectivity index (χ2n) is 4.12. The first-order valence-electron chi connectivity index (χ1n) is 5.47. The Hall–Kier alpha value is -1.15. The molecule has 1 rings (SSSR count). The van der Waals surface area contributed by atoms with E-state index >= 15 is 0 Å². The van der Waals surface area contributed by atoms with Crippen molar-refractivity contribution < 1.29 is 31.1 Å². The van der Waals surface area contributed by atoms with E-state index in [9.17, 15) is 21.6 Å². The predicted molar refractivity (Wildman–Crippen MR) is 67.4 cm³/mol. The van der Waals surface area contributed by atoms with Crippen molar-refractivity contribution in [1.29, 1.82) is 0 Å². The van der Waals surface area contributed by atoms with Crippen LogP contribution in [0.4, 0.5) is 13.2 Å². The first-order valence-corrected chi connectivity index (χ1v) is 7.94.